The summed E-state index contributed by atoms with van der Waals surface area (Å²) < 4.78 is 37.4. The molecule has 2 aliphatic rings. The predicted octanol–water partition coefficient (Wildman–Crippen LogP) is 5.55. The molecular formula is C28H36F2N4O. The van der Waals surface area contributed by atoms with Crippen LogP contribution in [-0.4, -0.2) is 58.8 Å². The number of ether oxygens (including phenoxy) is 1. The highest BCUT2D eigenvalue weighted by Crippen LogP contribution is 2.44. The number of nitrogens with zero attached hydrogens (tertiary/aromatic N) is 3. The number of H-pyrrole nitrogens is 1. The molecule has 5 rings (SSSR count). The topological polar surface area (TPSA) is 44.4 Å². The maximum absolute atomic E-state index is 15.7. The first kappa shape index (κ1) is 24.2. The Bertz CT molecular complexity index is 1180. The molecule has 1 saturated heterocycles. The second kappa shape index (κ2) is 9.51. The quantitative estimate of drug-likeness (QED) is 0.479. The first-order valence-corrected chi connectivity index (χ1v) is 12.7. The highest BCUT2D eigenvalue weighted by molar-refractivity contribution is 5.83. The monoisotopic (exact) mass is 482 g/mol. The normalized spacial score (nSPS) is 21.6. The fourth-order valence-corrected chi connectivity index (χ4v) is 5.92. The summed E-state index contributed by atoms with van der Waals surface area (Å²) >= 11 is 0. The fourth-order valence-electron chi connectivity index (χ4n) is 5.92. The third kappa shape index (κ3) is 4.68. The zero-order valence-corrected chi connectivity index (χ0v) is 21.3. The molecule has 0 radical (unpaired) electrons. The van der Waals surface area contributed by atoms with Gasteiger partial charge in [-0.15, -0.1) is 0 Å². The number of benzene rings is 2. The molecule has 35 heavy (non-hydrogen) atoms. The van der Waals surface area contributed by atoms with Crippen LogP contribution in [-0.2, 0) is 6.54 Å². The van der Waals surface area contributed by atoms with Crippen LogP contribution in [0.15, 0.2) is 30.5 Å². The van der Waals surface area contributed by atoms with E-state index in [0.29, 0.717) is 11.8 Å². The van der Waals surface area contributed by atoms with Crippen molar-refractivity contribution < 1.29 is 13.5 Å². The molecule has 1 N–H and O–H groups in total. The molecule has 1 fully saturated rings. The summed E-state index contributed by atoms with van der Waals surface area (Å²) in [6.07, 6.45) is 2.63. The van der Waals surface area contributed by atoms with E-state index in [4.69, 9.17) is 4.74 Å². The standard InChI is InChI=1S/C28H36F2N4O/c1-16(2)8-26-27(20-6-7-25-21(11-31-32-25)22(20)15-33(26)5)28-23(29)9-18(10-24(28)30)35-19-13-34(14-19)12-17(3)4/h6-7,9-11,16-17,19,26-27H,8,12-15H2,1-5H3,(H,31,32)/t26-,27+/m0/s1. The number of fused-ring (bicyclic) bond motifs is 3. The third-order valence-electron chi connectivity index (χ3n) is 7.39. The van der Waals surface area contributed by atoms with Crippen LogP contribution in [0.4, 0.5) is 8.78 Å². The molecule has 0 amide bonds. The van der Waals surface area contributed by atoms with Gasteiger partial charge in [-0.25, -0.2) is 8.78 Å². The van der Waals surface area contributed by atoms with Gasteiger partial charge in [0.25, 0.3) is 0 Å². The summed E-state index contributed by atoms with van der Waals surface area (Å²) in [6.45, 7) is 12.0. The van der Waals surface area contributed by atoms with E-state index in [-0.39, 0.29) is 23.5 Å². The summed E-state index contributed by atoms with van der Waals surface area (Å²) in [5, 5.41) is 8.23. The Labute approximate surface area is 206 Å². The average molecular weight is 483 g/mol. The highest BCUT2D eigenvalue weighted by Gasteiger charge is 2.39. The first-order valence-electron chi connectivity index (χ1n) is 12.7. The van der Waals surface area contributed by atoms with E-state index in [0.717, 1.165) is 54.6 Å². The Hall–Kier alpha value is -2.51. The van der Waals surface area contributed by atoms with Gasteiger partial charge in [0, 0.05) is 61.2 Å². The SMILES string of the molecule is CC(C)C[C@H]1[C@H](c2c(F)cc(OC3CN(CC(C)C)C3)cc2F)c2ccc3[nH]ncc3c2CN1C. The number of rotatable bonds is 7. The molecule has 2 aliphatic heterocycles. The Morgan fingerprint density at radius 2 is 1.80 bits per heavy atom. The summed E-state index contributed by atoms with van der Waals surface area (Å²) in [4.78, 5) is 4.54. The van der Waals surface area contributed by atoms with Crippen molar-refractivity contribution in [2.45, 2.75) is 58.7 Å². The Kier molecular flexibility index (Phi) is 6.57. The van der Waals surface area contributed by atoms with E-state index in [1.54, 1.807) is 0 Å². The number of aromatic amines is 1. The van der Waals surface area contributed by atoms with Crippen molar-refractivity contribution in [1.29, 1.82) is 0 Å². The maximum atomic E-state index is 15.7. The molecule has 0 aliphatic carbocycles. The minimum Gasteiger partial charge on any atom is -0.488 e. The second-order valence-electron chi connectivity index (χ2n) is 11.2. The minimum atomic E-state index is -0.536. The highest BCUT2D eigenvalue weighted by atomic mass is 19.1. The van der Waals surface area contributed by atoms with Crippen LogP contribution in [0, 0.1) is 23.5 Å². The number of hydrogen-bond acceptors (Lipinski definition) is 4. The van der Waals surface area contributed by atoms with Gasteiger partial charge in [0.05, 0.1) is 11.7 Å². The molecule has 0 saturated carbocycles. The van der Waals surface area contributed by atoms with Crippen molar-refractivity contribution in [1.82, 2.24) is 20.0 Å². The third-order valence-corrected chi connectivity index (χ3v) is 7.39. The molecule has 1 aromatic heterocycles. The molecule has 0 spiro atoms. The Balaban J connectivity index is 1.49. The van der Waals surface area contributed by atoms with Crippen LogP contribution in [0.2, 0.25) is 0 Å². The van der Waals surface area contributed by atoms with Crippen LogP contribution in [0.1, 0.15) is 56.7 Å². The van der Waals surface area contributed by atoms with E-state index < -0.39 is 17.6 Å². The number of likely N-dealkylation sites (tertiary alicyclic amines) is 1. The van der Waals surface area contributed by atoms with Crippen molar-refractivity contribution >= 4 is 10.9 Å². The van der Waals surface area contributed by atoms with E-state index >= 15 is 8.78 Å². The van der Waals surface area contributed by atoms with Gasteiger partial charge in [0.2, 0.25) is 0 Å². The average Bonchev–Trinajstić information content (AvgIpc) is 3.22. The van der Waals surface area contributed by atoms with Gasteiger partial charge in [-0.2, -0.15) is 5.10 Å². The van der Waals surface area contributed by atoms with Gasteiger partial charge in [-0.1, -0.05) is 33.8 Å². The van der Waals surface area contributed by atoms with E-state index in [2.05, 4.69) is 54.7 Å². The summed E-state index contributed by atoms with van der Waals surface area (Å²) in [5.74, 6) is -0.233. The number of nitrogens with one attached hydrogen (secondary N) is 1. The number of hydrogen-bond donors (Lipinski definition) is 1. The number of aromatic nitrogens is 2. The molecular weight excluding hydrogens is 446 g/mol. The minimum absolute atomic E-state index is 0.0150. The van der Waals surface area contributed by atoms with Gasteiger partial charge >= 0.3 is 0 Å². The van der Waals surface area contributed by atoms with Crippen molar-refractivity contribution in [2.75, 3.05) is 26.7 Å². The van der Waals surface area contributed by atoms with Gasteiger partial charge in [-0.3, -0.25) is 14.9 Å². The lowest BCUT2D eigenvalue weighted by molar-refractivity contribution is 0.0127. The summed E-state index contributed by atoms with van der Waals surface area (Å²) in [5.41, 5.74) is 3.14. The molecule has 2 aromatic carbocycles. The van der Waals surface area contributed by atoms with E-state index in [9.17, 15) is 0 Å². The van der Waals surface area contributed by atoms with E-state index in [1.165, 1.54) is 12.1 Å². The van der Waals surface area contributed by atoms with E-state index in [1.807, 2.05) is 18.3 Å². The zero-order valence-electron chi connectivity index (χ0n) is 21.3. The van der Waals surface area contributed by atoms with Crippen molar-refractivity contribution in [3.63, 3.8) is 0 Å². The van der Waals surface area contributed by atoms with Crippen LogP contribution in [0.5, 0.6) is 5.75 Å². The lowest BCUT2D eigenvalue weighted by atomic mass is 9.75. The van der Waals surface area contributed by atoms with Crippen molar-refractivity contribution in [3.05, 3.63) is 58.8 Å². The Morgan fingerprint density at radius 3 is 2.46 bits per heavy atom. The smallest absolute Gasteiger partial charge is 0.133 e. The first-order chi connectivity index (χ1) is 16.7. The number of likely N-dealkylation sites (N-methyl/N-ethyl adjacent to an activating group) is 1. The lowest BCUT2D eigenvalue weighted by Gasteiger charge is -2.42. The van der Waals surface area contributed by atoms with Gasteiger partial charge in [-0.05, 0) is 42.5 Å². The molecule has 5 nitrogen and oxygen atoms in total. The summed E-state index contributed by atoms with van der Waals surface area (Å²) in [6, 6.07) is 6.72. The van der Waals surface area contributed by atoms with Crippen molar-refractivity contribution in [3.8, 4) is 5.75 Å². The molecule has 0 bridgehead atoms. The second-order valence-corrected chi connectivity index (χ2v) is 11.2. The molecule has 2 atom stereocenters. The lowest BCUT2D eigenvalue weighted by Crippen LogP contribution is -2.54. The van der Waals surface area contributed by atoms with Crippen LogP contribution in [0.25, 0.3) is 10.9 Å². The fraction of sp³-hybridized carbons (Fsp3) is 0.536. The van der Waals surface area contributed by atoms with Crippen LogP contribution in [0.3, 0.4) is 0 Å². The summed E-state index contributed by atoms with van der Waals surface area (Å²) in [7, 11) is 2.05. The molecule has 0 unspecified atom stereocenters. The molecule has 3 aromatic rings. The molecule has 3 heterocycles. The van der Waals surface area contributed by atoms with Crippen LogP contribution < -0.4 is 4.74 Å². The largest absolute Gasteiger partial charge is 0.488 e. The maximum Gasteiger partial charge on any atom is 0.133 e. The van der Waals surface area contributed by atoms with Gasteiger partial charge in [0.1, 0.15) is 23.5 Å². The predicted molar refractivity (Wildman–Crippen MR) is 135 cm³/mol. The molecule has 188 valence electrons. The Morgan fingerprint density at radius 1 is 1.09 bits per heavy atom. The van der Waals surface area contributed by atoms with Crippen molar-refractivity contribution in [2.24, 2.45) is 11.8 Å². The number of halogens is 2. The van der Waals surface area contributed by atoms with Gasteiger partial charge < -0.3 is 4.74 Å². The molecule has 7 heteroatoms. The zero-order chi connectivity index (χ0) is 24.9. The van der Waals surface area contributed by atoms with Crippen LogP contribution >= 0.6 is 0 Å². The van der Waals surface area contributed by atoms with Gasteiger partial charge in [0.15, 0.2) is 0 Å².